The molecule has 0 aliphatic carbocycles. The van der Waals surface area contributed by atoms with Gasteiger partial charge in [-0.05, 0) is 48.6 Å². The molecule has 10 heteroatoms. The zero-order valence-corrected chi connectivity index (χ0v) is 17.6. The molecule has 1 aromatic carbocycles. The normalized spacial score (nSPS) is 10.6. The molecular weight excluding hydrogens is 424 g/mol. The van der Waals surface area contributed by atoms with Crippen LogP contribution in [0, 0.1) is 13.8 Å². The molecule has 0 aliphatic rings. The predicted molar refractivity (Wildman–Crippen MR) is 112 cm³/mol. The third-order valence-corrected chi connectivity index (χ3v) is 6.79. The number of thioether (sulfide) groups is 1. The Labute approximate surface area is 173 Å². The van der Waals surface area contributed by atoms with Gasteiger partial charge in [-0.2, -0.15) is 0 Å². The molecule has 2 aromatic heterocycles. The monoisotopic (exact) mass is 438 g/mol. The van der Waals surface area contributed by atoms with Crippen molar-refractivity contribution in [3.63, 3.8) is 0 Å². The van der Waals surface area contributed by atoms with Gasteiger partial charge in [0.1, 0.15) is 0 Å². The largest absolute Gasteiger partial charge is 0.325 e. The lowest BCUT2D eigenvalue weighted by molar-refractivity contribution is -0.113. The van der Waals surface area contributed by atoms with Gasteiger partial charge in [-0.15, -0.1) is 21.5 Å². The standard InChI is InChI=1S/C17H15ClN4O2S3/c1-9-5-13(25-7-9)15(24)20-16-21-22-17(27-16)26-8-14(23)19-11-4-3-10(2)12(18)6-11/h3-7H,8H2,1-2H3,(H,19,23)(H,20,21,24). The van der Waals surface area contributed by atoms with E-state index >= 15 is 0 Å². The van der Waals surface area contributed by atoms with Crippen molar-refractivity contribution < 1.29 is 9.59 Å². The Morgan fingerprint density at radius 1 is 1.19 bits per heavy atom. The second kappa shape index (κ2) is 8.83. The Hall–Kier alpha value is -1.94. The first kappa shape index (κ1) is 19.8. The van der Waals surface area contributed by atoms with Gasteiger partial charge in [-0.3, -0.25) is 14.9 Å². The van der Waals surface area contributed by atoms with Gasteiger partial charge in [0.05, 0.1) is 10.6 Å². The summed E-state index contributed by atoms with van der Waals surface area (Å²) in [6.07, 6.45) is 0. The fourth-order valence-electron chi connectivity index (χ4n) is 2.02. The Morgan fingerprint density at radius 2 is 2.00 bits per heavy atom. The van der Waals surface area contributed by atoms with Crippen molar-refractivity contribution in [1.82, 2.24) is 10.2 Å². The van der Waals surface area contributed by atoms with Gasteiger partial charge in [-0.1, -0.05) is 40.8 Å². The molecule has 0 saturated carbocycles. The molecular formula is C17H15ClN4O2S3. The summed E-state index contributed by atoms with van der Waals surface area (Å²) < 4.78 is 0.602. The number of benzene rings is 1. The van der Waals surface area contributed by atoms with Gasteiger partial charge in [0.2, 0.25) is 11.0 Å². The van der Waals surface area contributed by atoms with Gasteiger partial charge in [0.15, 0.2) is 4.34 Å². The third kappa shape index (κ3) is 5.52. The van der Waals surface area contributed by atoms with Gasteiger partial charge in [-0.25, -0.2) is 0 Å². The average Bonchev–Trinajstić information content (AvgIpc) is 3.25. The Kier molecular flexibility index (Phi) is 6.48. The van der Waals surface area contributed by atoms with Gasteiger partial charge < -0.3 is 5.32 Å². The van der Waals surface area contributed by atoms with E-state index in [0.29, 0.717) is 25.1 Å². The second-order valence-corrected chi connectivity index (χ2v) is 9.13. The van der Waals surface area contributed by atoms with Crippen LogP contribution in [0.25, 0.3) is 0 Å². The number of hydrogen-bond acceptors (Lipinski definition) is 7. The molecule has 3 rings (SSSR count). The molecule has 0 atom stereocenters. The number of nitrogens with zero attached hydrogens (tertiary/aromatic N) is 2. The molecule has 2 N–H and O–H groups in total. The first-order chi connectivity index (χ1) is 12.9. The van der Waals surface area contributed by atoms with Crippen molar-refractivity contribution in [1.29, 1.82) is 0 Å². The van der Waals surface area contributed by atoms with E-state index in [0.717, 1.165) is 11.1 Å². The van der Waals surface area contributed by atoms with Crippen LogP contribution in [0.5, 0.6) is 0 Å². The zero-order valence-electron chi connectivity index (χ0n) is 14.4. The first-order valence-corrected chi connectivity index (χ1v) is 10.9. The van der Waals surface area contributed by atoms with E-state index in [1.54, 1.807) is 12.1 Å². The predicted octanol–water partition coefficient (Wildman–Crippen LogP) is 4.85. The molecule has 27 heavy (non-hydrogen) atoms. The molecule has 6 nitrogen and oxygen atoms in total. The van der Waals surface area contributed by atoms with E-state index < -0.39 is 0 Å². The molecule has 2 amide bonds. The highest BCUT2D eigenvalue weighted by Crippen LogP contribution is 2.27. The van der Waals surface area contributed by atoms with E-state index in [4.69, 9.17) is 11.6 Å². The molecule has 2 heterocycles. The van der Waals surface area contributed by atoms with Crippen LogP contribution in [0.3, 0.4) is 0 Å². The molecule has 0 spiro atoms. The van der Waals surface area contributed by atoms with Crippen molar-refractivity contribution >= 4 is 68.7 Å². The summed E-state index contributed by atoms with van der Waals surface area (Å²) in [5.41, 5.74) is 2.64. The summed E-state index contributed by atoms with van der Waals surface area (Å²) in [4.78, 5) is 24.8. The number of thiophene rings is 1. The minimum absolute atomic E-state index is 0.172. The topological polar surface area (TPSA) is 84.0 Å². The zero-order chi connectivity index (χ0) is 19.4. The average molecular weight is 439 g/mol. The lowest BCUT2D eigenvalue weighted by Gasteiger charge is -2.05. The van der Waals surface area contributed by atoms with Crippen molar-refractivity contribution in [2.45, 2.75) is 18.2 Å². The molecule has 0 radical (unpaired) electrons. The van der Waals surface area contributed by atoms with Crippen LogP contribution in [0.2, 0.25) is 5.02 Å². The highest BCUT2D eigenvalue weighted by atomic mass is 35.5. The maximum Gasteiger partial charge on any atom is 0.267 e. The lowest BCUT2D eigenvalue weighted by Crippen LogP contribution is -2.13. The van der Waals surface area contributed by atoms with Crippen molar-refractivity contribution in [3.8, 4) is 0 Å². The fourth-order valence-corrected chi connectivity index (χ4v) is 4.54. The number of nitrogens with one attached hydrogen (secondary N) is 2. The number of aromatic nitrogens is 2. The van der Waals surface area contributed by atoms with Crippen LogP contribution < -0.4 is 10.6 Å². The Bertz CT molecular complexity index is 986. The van der Waals surface area contributed by atoms with Crippen LogP contribution in [0.4, 0.5) is 10.8 Å². The van der Waals surface area contributed by atoms with Gasteiger partial charge >= 0.3 is 0 Å². The molecule has 0 unspecified atom stereocenters. The minimum Gasteiger partial charge on any atom is -0.325 e. The quantitative estimate of drug-likeness (QED) is 0.424. The lowest BCUT2D eigenvalue weighted by atomic mass is 10.2. The summed E-state index contributed by atoms with van der Waals surface area (Å²) in [6, 6.07) is 7.18. The SMILES string of the molecule is Cc1csc(C(=O)Nc2nnc(SCC(=O)Nc3ccc(C)c(Cl)c3)s2)c1. The number of carbonyl (C=O) groups is 2. The Balaban J connectivity index is 1.50. The van der Waals surface area contributed by atoms with Crippen LogP contribution in [-0.2, 0) is 4.79 Å². The maximum atomic E-state index is 12.1. The second-order valence-electron chi connectivity index (χ2n) is 5.62. The summed E-state index contributed by atoms with van der Waals surface area (Å²) in [6.45, 7) is 3.83. The molecule has 0 bridgehead atoms. The van der Waals surface area contributed by atoms with Crippen molar-refractivity contribution in [2.24, 2.45) is 0 Å². The molecule has 3 aromatic rings. The first-order valence-electron chi connectivity index (χ1n) is 7.79. The number of rotatable bonds is 6. The van der Waals surface area contributed by atoms with Crippen LogP contribution in [-0.4, -0.2) is 27.8 Å². The number of halogens is 1. The summed E-state index contributed by atoms with van der Waals surface area (Å²) in [5, 5.41) is 16.4. The number of amides is 2. The van der Waals surface area contributed by atoms with Gasteiger partial charge in [0, 0.05) is 10.7 Å². The van der Waals surface area contributed by atoms with Crippen LogP contribution in [0.1, 0.15) is 20.8 Å². The number of carbonyl (C=O) groups excluding carboxylic acids is 2. The van der Waals surface area contributed by atoms with E-state index in [1.807, 2.05) is 31.4 Å². The van der Waals surface area contributed by atoms with Crippen molar-refractivity contribution in [2.75, 3.05) is 16.4 Å². The van der Waals surface area contributed by atoms with E-state index in [1.165, 1.54) is 34.4 Å². The third-order valence-electron chi connectivity index (χ3n) is 3.36. The van der Waals surface area contributed by atoms with Crippen LogP contribution in [0.15, 0.2) is 34.0 Å². The smallest absolute Gasteiger partial charge is 0.267 e. The van der Waals surface area contributed by atoms with Crippen LogP contribution >= 0.6 is 46.0 Å². The van der Waals surface area contributed by atoms with Gasteiger partial charge in [0.25, 0.3) is 5.91 Å². The van der Waals surface area contributed by atoms with E-state index in [9.17, 15) is 9.59 Å². The molecule has 140 valence electrons. The highest BCUT2D eigenvalue weighted by molar-refractivity contribution is 8.01. The summed E-state index contributed by atoms with van der Waals surface area (Å²) in [5.74, 6) is -0.206. The Morgan fingerprint density at radius 3 is 2.70 bits per heavy atom. The number of hydrogen-bond donors (Lipinski definition) is 2. The van der Waals surface area contributed by atoms with E-state index in [2.05, 4.69) is 20.8 Å². The summed E-state index contributed by atoms with van der Waals surface area (Å²) >= 11 is 9.91. The summed E-state index contributed by atoms with van der Waals surface area (Å²) in [7, 11) is 0. The highest BCUT2D eigenvalue weighted by Gasteiger charge is 2.13. The molecule has 0 aliphatic heterocycles. The van der Waals surface area contributed by atoms with E-state index in [-0.39, 0.29) is 17.6 Å². The maximum absolute atomic E-state index is 12.1. The molecule has 0 fully saturated rings. The molecule has 0 saturated heterocycles. The van der Waals surface area contributed by atoms with Crippen molar-refractivity contribution in [3.05, 3.63) is 50.7 Å². The number of aryl methyl sites for hydroxylation is 2. The minimum atomic E-state index is -0.213. The fraction of sp³-hybridized carbons (Fsp3) is 0.176. The number of anilines is 2.